The molecule has 0 spiro atoms. The zero-order chi connectivity index (χ0) is 25.3. The lowest BCUT2D eigenvalue weighted by atomic mass is 9.96. The summed E-state index contributed by atoms with van der Waals surface area (Å²) in [7, 11) is -4.01. The molecular formula is C25H22F2N4O3S2. The molecule has 0 saturated carbocycles. The van der Waals surface area contributed by atoms with Crippen molar-refractivity contribution in [3.8, 4) is 0 Å². The van der Waals surface area contributed by atoms with E-state index in [0.717, 1.165) is 27.9 Å². The van der Waals surface area contributed by atoms with Crippen molar-refractivity contribution in [2.24, 2.45) is 5.92 Å². The number of nitrogens with zero attached hydrogens (tertiary/aromatic N) is 4. The summed E-state index contributed by atoms with van der Waals surface area (Å²) in [4.78, 5) is 23.8. The van der Waals surface area contributed by atoms with Gasteiger partial charge in [0.1, 0.15) is 0 Å². The van der Waals surface area contributed by atoms with E-state index in [2.05, 4.69) is 9.97 Å². The summed E-state index contributed by atoms with van der Waals surface area (Å²) in [6.07, 6.45) is 3.97. The van der Waals surface area contributed by atoms with Gasteiger partial charge >= 0.3 is 0 Å². The van der Waals surface area contributed by atoms with E-state index in [4.69, 9.17) is 0 Å². The van der Waals surface area contributed by atoms with Crippen LogP contribution in [0.15, 0.2) is 71.9 Å². The number of halogens is 2. The molecule has 1 fully saturated rings. The molecule has 0 atom stereocenters. The fourth-order valence-corrected chi connectivity index (χ4v) is 6.69. The van der Waals surface area contributed by atoms with Gasteiger partial charge in [-0.15, -0.1) is 0 Å². The first-order valence-corrected chi connectivity index (χ1v) is 13.6. The third kappa shape index (κ3) is 4.86. The van der Waals surface area contributed by atoms with E-state index in [-0.39, 0.29) is 23.9 Å². The first kappa shape index (κ1) is 24.4. The van der Waals surface area contributed by atoms with Gasteiger partial charge in [-0.1, -0.05) is 29.5 Å². The number of fused-ring (bicyclic) bond motifs is 1. The Morgan fingerprint density at radius 1 is 1.06 bits per heavy atom. The SMILES string of the molecule is O=C(C1CCN(S(=O)(=O)c2ccc(F)c(F)c2)CC1)N(Cc1cccnc1)c1nc2ccccc2s1. The molecular weight excluding hydrogens is 506 g/mol. The Morgan fingerprint density at radius 3 is 2.53 bits per heavy atom. The lowest BCUT2D eigenvalue weighted by Crippen LogP contribution is -2.44. The third-order valence-corrected chi connectivity index (χ3v) is 9.13. The van der Waals surface area contributed by atoms with Crippen molar-refractivity contribution in [2.75, 3.05) is 18.0 Å². The molecule has 11 heteroatoms. The van der Waals surface area contributed by atoms with E-state index < -0.39 is 27.6 Å². The van der Waals surface area contributed by atoms with Gasteiger partial charge in [-0.25, -0.2) is 22.2 Å². The van der Waals surface area contributed by atoms with E-state index in [0.29, 0.717) is 30.6 Å². The second-order valence-corrected chi connectivity index (χ2v) is 11.5. The summed E-state index contributed by atoms with van der Waals surface area (Å²) >= 11 is 1.42. The van der Waals surface area contributed by atoms with E-state index >= 15 is 0 Å². The number of hydrogen-bond donors (Lipinski definition) is 0. The Morgan fingerprint density at radius 2 is 1.83 bits per heavy atom. The Bertz CT molecular complexity index is 1470. The molecule has 0 N–H and O–H groups in total. The highest BCUT2D eigenvalue weighted by Gasteiger charge is 2.35. The number of thiazole rings is 1. The number of aromatic nitrogens is 2. The molecule has 2 aromatic carbocycles. The van der Waals surface area contributed by atoms with Gasteiger partial charge in [0.25, 0.3) is 0 Å². The molecule has 1 saturated heterocycles. The molecule has 186 valence electrons. The van der Waals surface area contributed by atoms with Crippen LogP contribution in [0.3, 0.4) is 0 Å². The lowest BCUT2D eigenvalue weighted by molar-refractivity contribution is -0.123. The molecule has 1 aliphatic rings. The number of anilines is 1. The topological polar surface area (TPSA) is 83.5 Å². The highest BCUT2D eigenvalue weighted by Crippen LogP contribution is 2.33. The van der Waals surface area contributed by atoms with Gasteiger partial charge < -0.3 is 0 Å². The highest BCUT2D eigenvalue weighted by molar-refractivity contribution is 7.89. The highest BCUT2D eigenvalue weighted by atomic mass is 32.2. The van der Waals surface area contributed by atoms with Gasteiger partial charge in [-0.3, -0.25) is 14.7 Å². The first-order valence-electron chi connectivity index (χ1n) is 11.3. The summed E-state index contributed by atoms with van der Waals surface area (Å²) in [6, 6.07) is 13.9. The van der Waals surface area contributed by atoms with Crippen LogP contribution >= 0.6 is 11.3 Å². The van der Waals surface area contributed by atoms with Crippen molar-refractivity contribution >= 4 is 42.6 Å². The number of hydrogen-bond acceptors (Lipinski definition) is 6. The van der Waals surface area contributed by atoms with Crippen LogP contribution in [-0.4, -0.2) is 41.7 Å². The molecule has 1 amide bonds. The largest absolute Gasteiger partial charge is 0.283 e. The molecule has 7 nitrogen and oxygen atoms in total. The van der Waals surface area contributed by atoms with Crippen LogP contribution in [-0.2, 0) is 21.4 Å². The van der Waals surface area contributed by atoms with Crippen molar-refractivity contribution < 1.29 is 22.0 Å². The van der Waals surface area contributed by atoms with Crippen LogP contribution in [0.5, 0.6) is 0 Å². The van der Waals surface area contributed by atoms with E-state index in [1.807, 2.05) is 30.3 Å². The average molecular weight is 529 g/mol. The zero-order valence-corrected chi connectivity index (χ0v) is 20.7. The van der Waals surface area contributed by atoms with Gasteiger partial charge in [0.05, 0.1) is 21.7 Å². The summed E-state index contributed by atoms with van der Waals surface area (Å²) in [5.41, 5.74) is 1.65. The van der Waals surface area contributed by atoms with Crippen LogP contribution in [0.2, 0.25) is 0 Å². The molecule has 2 aromatic heterocycles. The fraction of sp³-hybridized carbons (Fsp3) is 0.240. The summed E-state index contributed by atoms with van der Waals surface area (Å²) in [5, 5.41) is 0.571. The molecule has 3 heterocycles. The molecule has 0 unspecified atom stereocenters. The second-order valence-electron chi connectivity index (χ2n) is 8.50. The number of pyridine rings is 1. The average Bonchev–Trinajstić information content (AvgIpc) is 3.33. The molecule has 0 aliphatic carbocycles. The summed E-state index contributed by atoms with van der Waals surface area (Å²) < 4.78 is 55.0. The van der Waals surface area contributed by atoms with Gasteiger partial charge in [-0.05, 0) is 54.8 Å². The maximum absolute atomic E-state index is 13.7. The predicted molar refractivity (Wildman–Crippen MR) is 133 cm³/mol. The van der Waals surface area contributed by atoms with Gasteiger partial charge in [0, 0.05) is 31.4 Å². The maximum Gasteiger partial charge on any atom is 0.243 e. The minimum Gasteiger partial charge on any atom is -0.283 e. The van der Waals surface area contributed by atoms with Crippen molar-refractivity contribution in [2.45, 2.75) is 24.3 Å². The lowest BCUT2D eigenvalue weighted by Gasteiger charge is -2.33. The zero-order valence-electron chi connectivity index (χ0n) is 19.0. The smallest absolute Gasteiger partial charge is 0.243 e. The minimum atomic E-state index is -4.01. The number of carbonyl (C=O) groups is 1. The van der Waals surface area contributed by atoms with Crippen LogP contribution < -0.4 is 4.90 Å². The number of amides is 1. The molecule has 4 aromatic rings. The third-order valence-electron chi connectivity index (χ3n) is 6.18. The number of rotatable bonds is 6. The Balaban J connectivity index is 1.36. The fourth-order valence-electron chi connectivity index (χ4n) is 4.24. The quantitative estimate of drug-likeness (QED) is 0.365. The Kier molecular flexibility index (Phi) is 6.78. The Hall–Kier alpha value is -3.28. The van der Waals surface area contributed by atoms with E-state index in [1.165, 1.54) is 15.6 Å². The minimum absolute atomic E-state index is 0.0955. The molecule has 36 heavy (non-hydrogen) atoms. The molecule has 0 bridgehead atoms. The monoisotopic (exact) mass is 528 g/mol. The molecule has 5 rings (SSSR count). The van der Waals surface area contributed by atoms with Gasteiger partial charge in [0.2, 0.25) is 15.9 Å². The molecule has 0 radical (unpaired) electrons. The van der Waals surface area contributed by atoms with Gasteiger partial charge in [0.15, 0.2) is 16.8 Å². The summed E-state index contributed by atoms with van der Waals surface area (Å²) in [5.74, 6) is -2.88. The summed E-state index contributed by atoms with van der Waals surface area (Å²) in [6.45, 7) is 0.483. The second kappa shape index (κ2) is 10.00. The van der Waals surface area contributed by atoms with E-state index in [1.54, 1.807) is 23.4 Å². The number of sulfonamides is 1. The number of carbonyl (C=O) groups excluding carboxylic acids is 1. The van der Waals surface area contributed by atoms with E-state index in [9.17, 15) is 22.0 Å². The van der Waals surface area contributed by atoms with Crippen LogP contribution in [0.4, 0.5) is 13.9 Å². The van der Waals surface area contributed by atoms with Crippen molar-refractivity contribution in [1.29, 1.82) is 0 Å². The van der Waals surface area contributed by atoms with Crippen LogP contribution in [0, 0.1) is 17.6 Å². The number of para-hydroxylation sites is 1. The molecule has 1 aliphatic heterocycles. The van der Waals surface area contributed by atoms with Gasteiger partial charge in [-0.2, -0.15) is 4.31 Å². The van der Waals surface area contributed by atoms with Crippen molar-refractivity contribution in [1.82, 2.24) is 14.3 Å². The van der Waals surface area contributed by atoms with Crippen molar-refractivity contribution in [3.63, 3.8) is 0 Å². The Labute approximate surface area is 211 Å². The maximum atomic E-state index is 13.7. The first-order chi connectivity index (χ1) is 17.3. The standard InChI is InChI=1S/C25H22F2N4O3S2/c26-20-8-7-19(14-21(20)27)36(33,34)30-12-9-18(10-13-30)24(32)31(16-17-4-3-11-28-15-17)25-29-22-5-1-2-6-23(22)35-25/h1-8,11,14-15,18H,9-10,12-13,16H2. The number of piperidine rings is 1. The normalized spacial score (nSPS) is 15.3. The van der Waals surface area contributed by atoms with Crippen molar-refractivity contribution in [3.05, 3.63) is 84.2 Å². The predicted octanol–water partition coefficient (Wildman–Crippen LogP) is 4.60. The van der Waals surface area contributed by atoms with Crippen LogP contribution in [0.1, 0.15) is 18.4 Å². The van der Waals surface area contributed by atoms with Crippen LogP contribution in [0.25, 0.3) is 10.2 Å². The number of benzene rings is 2.